The van der Waals surface area contributed by atoms with E-state index in [4.69, 9.17) is 0 Å². The molecule has 1 aliphatic heterocycles. The molecular formula is C18H29FN2. The minimum absolute atomic E-state index is 0.0868. The van der Waals surface area contributed by atoms with Crippen LogP contribution in [0.5, 0.6) is 0 Å². The first-order valence-corrected chi connectivity index (χ1v) is 8.35. The molecule has 1 aromatic carbocycles. The van der Waals surface area contributed by atoms with E-state index in [9.17, 15) is 4.39 Å². The first kappa shape index (κ1) is 16.4. The zero-order valence-corrected chi connectivity index (χ0v) is 13.7. The zero-order valence-electron chi connectivity index (χ0n) is 13.7. The zero-order chi connectivity index (χ0) is 15.3. The molecule has 1 aliphatic rings. The van der Waals surface area contributed by atoms with E-state index in [0.29, 0.717) is 0 Å². The number of nitrogens with zero attached hydrogens (tertiary/aromatic N) is 1. The highest BCUT2D eigenvalue weighted by molar-refractivity contribution is 5.24. The summed E-state index contributed by atoms with van der Waals surface area (Å²) in [5, 5.41) is 3.71. The lowest BCUT2D eigenvalue weighted by Crippen LogP contribution is -2.53. The van der Waals surface area contributed by atoms with Gasteiger partial charge in [-0.05, 0) is 69.9 Å². The van der Waals surface area contributed by atoms with Gasteiger partial charge in [0, 0.05) is 5.54 Å². The van der Waals surface area contributed by atoms with E-state index >= 15 is 0 Å². The number of hydrogen-bond acceptors (Lipinski definition) is 2. The Hall–Kier alpha value is -0.930. The topological polar surface area (TPSA) is 15.3 Å². The number of rotatable bonds is 7. The number of halogens is 1. The standard InChI is InChI=1S/C18H29FN2/c1-4-12-20-17(15-8-10-16(19)11-9-15)18(3,5-2)21-13-6-7-14-21/h8-11,17,20H,4-7,12-14H2,1-3H3. The Labute approximate surface area is 128 Å². The van der Waals surface area contributed by atoms with Crippen LogP contribution in [0.3, 0.4) is 0 Å². The Bertz CT molecular complexity index is 425. The summed E-state index contributed by atoms with van der Waals surface area (Å²) in [6, 6.07) is 7.28. The van der Waals surface area contributed by atoms with Crippen molar-refractivity contribution in [2.75, 3.05) is 19.6 Å². The molecule has 2 rings (SSSR count). The van der Waals surface area contributed by atoms with Gasteiger partial charge in [0.05, 0.1) is 6.04 Å². The third-order valence-electron chi connectivity index (χ3n) is 4.97. The van der Waals surface area contributed by atoms with Crippen LogP contribution in [0.4, 0.5) is 4.39 Å². The minimum Gasteiger partial charge on any atom is -0.308 e. The largest absolute Gasteiger partial charge is 0.308 e. The molecule has 1 aromatic rings. The molecule has 1 saturated heterocycles. The van der Waals surface area contributed by atoms with Gasteiger partial charge in [-0.25, -0.2) is 4.39 Å². The molecule has 0 aromatic heterocycles. The van der Waals surface area contributed by atoms with Gasteiger partial charge in [0.25, 0.3) is 0 Å². The van der Waals surface area contributed by atoms with Crippen molar-refractivity contribution < 1.29 is 4.39 Å². The second-order valence-corrected chi connectivity index (χ2v) is 6.34. The molecule has 2 atom stereocenters. The van der Waals surface area contributed by atoms with Crippen LogP contribution in [0, 0.1) is 5.82 Å². The smallest absolute Gasteiger partial charge is 0.123 e. The summed E-state index contributed by atoms with van der Waals surface area (Å²) in [5.41, 5.74) is 1.28. The number of nitrogens with one attached hydrogen (secondary N) is 1. The Morgan fingerprint density at radius 1 is 1.19 bits per heavy atom. The highest BCUT2D eigenvalue weighted by Gasteiger charge is 2.39. The van der Waals surface area contributed by atoms with E-state index in [-0.39, 0.29) is 17.4 Å². The first-order valence-electron chi connectivity index (χ1n) is 8.35. The van der Waals surface area contributed by atoms with Crippen LogP contribution in [-0.4, -0.2) is 30.1 Å². The van der Waals surface area contributed by atoms with Gasteiger partial charge < -0.3 is 5.32 Å². The molecule has 1 fully saturated rings. The molecule has 0 bridgehead atoms. The SMILES string of the molecule is CCCNC(c1ccc(F)cc1)C(C)(CC)N1CCCC1. The Kier molecular flexibility index (Phi) is 5.77. The summed E-state index contributed by atoms with van der Waals surface area (Å²) in [5.74, 6) is -0.160. The summed E-state index contributed by atoms with van der Waals surface area (Å²) in [6.07, 6.45) is 4.78. The van der Waals surface area contributed by atoms with Crippen molar-refractivity contribution in [3.8, 4) is 0 Å². The van der Waals surface area contributed by atoms with Gasteiger partial charge in [-0.2, -0.15) is 0 Å². The van der Waals surface area contributed by atoms with Crippen LogP contribution in [0.15, 0.2) is 24.3 Å². The molecule has 1 heterocycles. The van der Waals surface area contributed by atoms with Gasteiger partial charge in [0.2, 0.25) is 0 Å². The molecule has 2 unspecified atom stereocenters. The highest BCUT2D eigenvalue weighted by atomic mass is 19.1. The maximum Gasteiger partial charge on any atom is 0.123 e. The predicted molar refractivity (Wildman–Crippen MR) is 86.9 cm³/mol. The van der Waals surface area contributed by atoms with Crippen molar-refractivity contribution in [3.05, 3.63) is 35.6 Å². The molecule has 118 valence electrons. The maximum absolute atomic E-state index is 13.3. The molecule has 0 radical (unpaired) electrons. The van der Waals surface area contributed by atoms with Crippen molar-refractivity contribution in [2.24, 2.45) is 0 Å². The Morgan fingerprint density at radius 2 is 1.81 bits per heavy atom. The van der Waals surface area contributed by atoms with Gasteiger partial charge in [-0.3, -0.25) is 4.90 Å². The number of hydrogen-bond donors (Lipinski definition) is 1. The van der Waals surface area contributed by atoms with Crippen LogP contribution in [-0.2, 0) is 0 Å². The number of benzene rings is 1. The van der Waals surface area contributed by atoms with Crippen molar-refractivity contribution in [3.63, 3.8) is 0 Å². The van der Waals surface area contributed by atoms with Crippen LogP contribution in [0.1, 0.15) is 58.1 Å². The molecule has 0 saturated carbocycles. The molecule has 0 spiro atoms. The van der Waals surface area contributed by atoms with Crippen LogP contribution >= 0.6 is 0 Å². The second-order valence-electron chi connectivity index (χ2n) is 6.34. The Balaban J connectivity index is 2.29. The van der Waals surface area contributed by atoms with E-state index in [0.717, 1.165) is 19.4 Å². The van der Waals surface area contributed by atoms with E-state index in [1.165, 1.54) is 31.5 Å². The van der Waals surface area contributed by atoms with Crippen LogP contribution < -0.4 is 5.32 Å². The lowest BCUT2D eigenvalue weighted by molar-refractivity contribution is 0.0839. The lowest BCUT2D eigenvalue weighted by Gasteiger charge is -2.45. The monoisotopic (exact) mass is 292 g/mol. The average molecular weight is 292 g/mol. The van der Waals surface area contributed by atoms with Crippen molar-refractivity contribution in [1.29, 1.82) is 0 Å². The third kappa shape index (κ3) is 3.64. The molecule has 2 nitrogen and oxygen atoms in total. The van der Waals surface area contributed by atoms with Crippen molar-refractivity contribution >= 4 is 0 Å². The normalized spacial score (nSPS) is 20.4. The van der Waals surface area contributed by atoms with E-state index < -0.39 is 0 Å². The van der Waals surface area contributed by atoms with Gasteiger partial charge in [0.1, 0.15) is 5.82 Å². The fourth-order valence-corrected chi connectivity index (χ4v) is 3.48. The Morgan fingerprint density at radius 3 is 2.33 bits per heavy atom. The average Bonchev–Trinajstić information content (AvgIpc) is 3.04. The fourth-order valence-electron chi connectivity index (χ4n) is 3.48. The highest BCUT2D eigenvalue weighted by Crippen LogP contribution is 2.36. The molecule has 21 heavy (non-hydrogen) atoms. The lowest BCUT2D eigenvalue weighted by atomic mass is 9.83. The van der Waals surface area contributed by atoms with Crippen LogP contribution in [0.2, 0.25) is 0 Å². The van der Waals surface area contributed by atoms with E-state index in [2.05, 4.69) is 31.0 Å². The molecular weight excluding hydrogens is 263 g/mol. The van der Waals surface area contributed by atoms with Gasteiger partial charge in [-0.15, -0.1) is 0 Å². The molecule has 3 heteroatoms. The molecule has 0 amide bonds. The predicted octanol–water partition coefficient (Wildman–Crippen LogP) is 4.13. The summed E-state index contributed by atoms with van der Waals surface area (Å²) in [7, 11) is 0. The quantitative estimate of drug-likeness (QED) is 0.813. The fraction of sp³-hybridized carbons (Fsp3) is 0.667. The first-order chi connectivity index (χ1) is 10.1. The molecule has 1 N–H and O–H groups in total. The van der Waals surface area contributed by atoms with Crippen molar-refractivity contribution in [1.82, 2.24) is 10.2 Å². The molecule has 0 aliphatic carbocycles. The number of likely N-dealkylation sites (tertiary alicyclic amines) is 1. The summed E-state index contributed by atoms with van der Waals surface area (Å²) < 4.78 is 13.3. The summed E-state index contributed by atoms with van der Waals surface area (Å²) >= 11 is 0. The van der Waals surface area contributed by atoms with E-state index in [1.807, 2.05) is 12.1 Å². The van der Waals surface area contributed by atoms with Gasteiger partial charge in [-0.1, -0.05) is 26.0 Å². The van der Waals surface area contributed by atoms with E-state index in [1.54, 1.807) is 12.1 Å². The van der Waals surface area contributed by atoms with Gasteiger partial charge >= 0.3 is 0 Å². The van der Waals surface area contributed by atoms with Crippen molar-refractivity contribution in [2.45, 2.75) is 58.0 Å². The summed E-state index contributed by atoms with van der Waals surface area (Å²) in [4.78, 5) is 2.61. The van der Waals surface area contributed by atoms with Gasteiger partial charge in [0.15, 0.2) is 0 Å². The minimum atomic E-state index is -0.160. The third-order valence-corrected chi connectivity index (χ3v) is 4.97. The summed E-state index contributed by atoms with van der Waals surface area (Å²) in [6.45, 7) is 10.2. The van der Waals surface area contributed by atoms with Crippen LogP contribution in [0.25, 0.3) is 0 Å². The maximum atomic E-state index is 13.3. The second kappa shape index (κ2) is 7.37.